The molecule has 1 aromatic rings. The first-order valence-corrected chi connectivity index (χ1v) is 8.58. The van der Waals surface area contributed by atoms with Crippen LogP contribution in [0.5, 0.6) is 5.75 Å². The predicted octanol–water partition coefficient (Wildman–Crippen LogP) is 4.46. The van der Waals surface area contributed by atoms with E-state index in [2.05, 4.69) is 36.8 Å². The van der Waals surface area contributed by atoms with Crippen LogP contribution in [0.3, 0.4) is 0 Å². The summed E-state index contributed by atoms with van der Waals surface area (Å²) in [5.74, 6) is 0.712. The van der Waals surface area contributed by atoms with Gasteiger partial charge in [-0.1, -0.05) is 6.42 Å². The Morgan fingerprint density at radius 2 is 1.80 bits per heavy atom. The molecule has 0 aliphatic carbocycles. The summed E-state index contributed by atoms with van der Waals surface area (Å²) in [6, 6.07) is 3.35. The monoisotopic (exact) mass is 423 g/mol. The molecule has 0 bridgehead atoms. The van der Waals surface area contributed by atoms with Gasteiger partial charge in [0.2, 0.25) is 0 Å². The number of halogens is 3. The topological polar surface area (TPSA) is 29.5 Å². The van der Waals surface area contributed by atoms with E-state index in [1.807, 2.05) is 0 Å². The van der Waals surface area contributed by atoms with Crippen molar-refractivity contribution in [3.63, 3.8) is 0 Å². The molecule has 6 heteroatoms. The van der Waals surface area contributed by atoms with Crippen LogP contribution < -0.4 is 4.74 Å². The van der Waals surface area contributed by atoms with E-state index in [0.29, 0.717) is 17.9 Å². The average molecular weight is 426 g/mol. The maximum atomic E-state index is 11.2. The number of hydrogen-bond acceptors (Lipinski definition) is 3. The van der Waals surface area contributed by atoms with Crippen LogP contribution in [0, 0.1) is 0 Å². The Morgan fingerprint density at radius 1 is 1.20 bits per heavy atom. The van der Waals surface area contributed by atoms with Crippen molar-refractivity contribution in [1.29, 1.82) is 0 Å². The SMILES string of the molecule is O=C(Cl)c1cc(Br)c(OCCN2CCCCC2)c(Br)c1. The van der Waals surface area contributed by atoms with E-state index in [9.17, 15) is 4.79 Å². The first kappa shape index (κ1) is 16.3. The average Bonchev–Trinajstić information content (AvgIpc) is 2.42. The van der Waals surface area contributed by atoms with Gasteiger partial charge in [-0.3, -0.25) is 9.69 Å². The molecule has 0 spiro atoms. The smallest absolute Gasteiger partial charge is 0.252 e. The summed E-state index contributed by atoms with van der Waals surface area (Å²) in [6.45, 7) is 3.87. The molecule has 0 amide bonds. The van der Waals surface area contributed by atoms with Gasteiger partial charge in [0.15, 0.2) is 0 Å². The molecule has 0 aromatic heterocycles. The molecule has 1 saturated heterocycles. The van der Waals surface area contributed by atoms with Crippen molar-refractivity contribution in [2.75, 3.05) is 26.2 Å². The van der Waals surface area contributed by atoms with Crippen LogP contribution in [-0.4, -0.2) is 36.4 Å². The molecule has 1 fully saturated rings. The second kappa shape index (κ2) is 7.78. The summed E-state index contributed by atoms with van der Waals surface area (Å²) >= 11 is 12.3. The van der Waals surface area contributed by atoms with E-state index in [0.717, 1.165) is 28.6 Å². The van der Waals surface area contributed by atoms with Crippen LogP contribution in [0.1, 0.15) is 29.6 Å². The molecule has 2 rings (SSSR count). The highest BCUT2D eigenvalue weighted by Gasteiger charge is 2.14. The largest absolute Gasteiger partial charge is 0.490 e. The fourth-order valence-electron chi connectivity index (χ4n) is 2.27. The third kappa shape index (κ3) is 4.45. The van der Waals surface area contributed by atoms with Gasteiger partial charge < -0.3 is 4.74 Å². The third-order valence-corrected chi connectivity index (χ3v) is 4.72. The van der Waals surface area contributed by atoms with E-state index >= 15 is 0 Å². The number of ether oxygens (including phenoxy) is 1. The van der Waals surface area contributed by atoms with Crippen LogP contribution in [0.2, 0.25) is 0 Å². The second-order valence-corrected chi connectivity index (χ2v) is 6.85. The molecule has 0 saturated carbocycles. The summed E-state index contributed by atoms with van der Waals surface area (Å²) in [5.41, 5.74) is 0.439. The Hall–Kier alpha value is -0.100. The Morgan fingerprint density at radius 3 is 2.35 bits per heavy atom. The van der Waals surface area contributed by atoms with E-state index in [-0.39, 0.29) is 0 Å². The second-order valence-electron chi connectivity index (χ2n) is 4.79. The molecule has 0 N–H and O–H groups in total. The first-order chi connectivity index (χ1) is 9.58. The van der Waals surface area contributed by atoms with Crippen molar-refractivity contribution in [3.8, 4) is 5.75 Å². The number of nitrogens with zero attached hydrogens (tertiary/aromatic N) is 1. The van der Waals surface area contributed by atoms with E-state index in [1.165, 1.54) is 19.3 Å². The van der Waals surface area contributed by atoms with Gasteiger partial charge in [0.25, 0.3) is 5.24 Å². The summed E-state index contributed by atoms with van der Waals surface area (Å²) < 4.78 is 7.28. The lowest BCUT2D eigenvalue weighted by atomic mass is 10.1. The van der Waals surface area contributed by atoms with Crippen LogP contribution >= 0.6 is 43.5 Å². The fraction of sp³-hybridized carbons (Fsp3) is 0.500. The zero-order valence-corrected chi connectivity index (χ0v) is 14.9. The quantitative estimate of drug-likeness (QED) is 0.653. The molecule has 20 heavy (non-hydrogen) atoms. The minimum absolute atomic E-state index is 0.439. The van der Waals surface area contributed by atoms with Crippen molar-refractivity contribution in [2.24, 2.45) is 0 Å². The number of piperidine rings is 1. The normalized spacial score (nSPS) is 16.1. The molecule has 1 aliphatic rings. The lowest BCUT2D eigenvalue weighted by molar-refractivity contribution is 0.108. The Balaban J connectivity index is 1.93. The highest BCUT2D eigenvalue weighted by Crippen LogP contribution is 2.35. The molecular weight excluding hydrogens is 409 g/mol. The molecule has 1 aliphatic heterocycles. The van der Waals surface area contributed by atoms with Gasteiger partial charge >= 0.3 is 0 Å². The van der Waals surface area contributed by atoms with Crippen LogP contribution in [0.4, 0.5) is 0 Å². The number of benzene rings is 1. The summed E-state index contributed by atoms with van der Waals surface area (Å²) in [6.07, 6.45) is 3.89. The molecule has 0 unspecified atom stereocenters. The van der Waals surface area contributed by atoms with Crippen molar-refractivity contribution in [2.45, 2.75) is 19.3 Å². The predicted molar refractivity (Wildman–Crippen MR) is 87.8 cm³/mol. The lowest BCUT2D eigenvalue weighted by Gasteiger charge is -2.26. The number of carbonyl (C=O) groups excluding carboxylic acids is 1. The molecule has 0 radical (unpaired) electrons. The van der Waals surface area contributed by atoms with Crippen molar-refractivity contribution < 1.29 is 9.53 Å². The minimum Gasteiger partial charge on any atom is -0.490 e. The van der Waals surface area contributed by atoms with Crippen molar-refractivity contribution in [1.82, 2.24) is 4.90 Å². The summed E-state index contributed by atoms with van der Waals surface area (Å²) in [4.78, 5) is 13.6. The minimum atomic E-state index is -0.480. The van der Waals surface area contributed by atoms with Crippen molar-refractivity contribution >= 4 is 48.7 Å². The number of rotatable bonds is 5. The van der Waals surface area contributed by atoms with E-state index < -0.39 is 5.24 Å². The zero-order valence-electron chi connectivity index (χ0n) is 11.0. The molecule has 1 aromatic carbocycles. The summed E-state index contributed by atoms with van der Waals surface area (Å²) in [7, 11) is 0. The highest BCUT2D eigenvalue weighted by molar-refractivity contribution is 9.11. The third-order valence-electron chi connectivity index (χ3n) is 3.33. The van der Waals surface area contributed by atoms with Gasteiger partial charge in [-0.25, -0.2) is 0 Å². The molecule has 110 valence electrons. The van der Waals surface area contributed by atoms with Crippen LogP contribution in [0.15, 0.2) is 21.1 Å². The van der Waals surface area contributed by atoms with Gasteiger partial charge in [-0.05, 0) is 81.5 Å². The first-order valence-electron chi connectivity index (χ1n) is 6.62. The Bertz CT molecular complexity index is 467. The maximum Gasteiger partial charge on any atom is 0.252 e. The standard InChI is InChI=1S/C14H16Br2ClNO2/c15-11-8-10(14(17)19)9-12(16)13(11)20-7-6-18-4-2-1-3-5-18/h8-9H,1-7H2. The summed E-state index contributed by atoms with van der Waals surface area (Å²) in [5, 5.41) is -0.480. The highest BCUT2D eigenvalue weighted by atomic mass is 79.9. The molecule has 0 atom stereocenters. The van der Waals surface area contributed by atoms with E-state index in [1.54, 1.807) is 12.1 Å². The maximum absolute atomic E-state index is 11.2. The van der Waals surface area contributed by atoms with Crippen molar-refractivity contribution in [3.05, 3.63) is 26.6 Å². The molecule has 3 nitrogen and oxygen atoms in total. The van der Waals surface area contributed by atoms with Gasteiger partial charge in [-0.2, -0.15) is 0 Å². The zero-order chi connectivity index (χ0) is 14.5. The number of likely N-dealkylation sites (tertiary alicyclic amines) is 1. The van der Waals surface area contributed by atoms with Gasteiger partial charge in [0.05, 0.1) is 8.95 Å². The van der Waals surface area contributed by atoms with Gasteiger partial charge in [0, 0.05) is 12.1 Å². The van der Waals surface area contributed by atoms with E-state index in [4.69, 9.17) is 16.3 Å². The Kier molecular flexibility index (Phi) is 6.33. The van der Waals surface area contributed by atoms with Crippen LogP contribution in [-0.2, 0) is 0 Å². The lowest BCUT2D eigenvalue weighted by Crippen LogP contribution is -2.33. The number of hydrogen-bond donors (Lipinski definition) is 0. The molecule has 1 heterocycles. The molecular formula is C14H16Br2ClNO2. The fourth-order valence-corrected chi connectivity index (χ4v) is 3.80. The van der Waals surface area contributed by atoms with Gasteiger partial charge in [-0.15, -0.1) is 0 Å². The van der Waals surface area contributed by atoms with Gasteiger partial charge in [0.1, 0.15) is 12.4 Å². The Labute approximate surface area is 140 Å². The number of carbonyl (C=O) groups is 1. The van der Waals surface area contributed by atoms with Crippen LogP contribution in [0.25, 0.3) is 0 Å².